The number of fused-ring (bicyclic) bond motifs is 1. The number of nitrogens with one attached hydrogen (secondary N) is 3. The largest absolute Gasteiger partial charge is 0.457 e. The van der Waals surface area contributed by atoms with Gasteiger partial charge in [0.05, 0.1) is 11.0 Å². The van der Waals surface area contributed by atoms with Gasteiger partial charge < -0.3 is 20.4 Å². The van der Waals surface area contributed by atoms with Gasteiger partial charge in [-0.05, 0) is 55.0 Å². The molecule has 6 heteroatoms. The fraction of sp³-hybridized carbons (Fsp3) is 0.130. The zero-order valence-electron chi connectivity index (χ0n) is 15.9. The third kappa shape index (κ3) is 5.13. The lowest BCUT2D eigenvalue weighted by atomic mass is 10.3. The van der Waals surface area contributed by atoms with E-state index >= 15 is 0 Å². The average Bonchev–Trinajstić information content (AvgIpc) is 3.16. The Morgan fingerprint density at radius 3 is 2.41 bits per heavy atom. The Bertz CT molecular complexity index is 1040. The van der Waals surface area contributed by atoms with Crippen LogP contribution in [0.25, 0.3) is 11.0 Å². The van der Waals surface area contributed by atoms with E-state index < -0.39 is 0 Å². The van der Waals surface area contributed by atoms with Gasteiger partial charge in [0.1, 0.15) is 17.3 Å². The molecule has 1 aromatic heterocycles. The second kappa shape index (κ2) is 8.93. The quantitative estimate of drug-likeness (QED) is 0.386. The molecule has 0 unspecified atom stereocenters. The van der Waals surface area contributed by atoms with Crippen molar-refractivity contribution >= 4 is 22.8 Å². The zero-order valence-corrected chi connectivity index (χ0v) is 15.9. The molecule has 0 saturated heterocycles. The number of carbonyl (C=O) groups excluding carboxylic acids is 1. The molecule has 29 heavy (non-hydrogen) atoms. The normalized spacial score (nSPS) is 10.6. The summed E-state index contributed by atoms with van der Waals surface area (Å²) in [4.78, 5) is 19.9. The fourth-order valence-corrected chi connectivity index (χ4v) is 2.99. The Morgan fingerprint density at radius 2 is 1.62 bits per heavy atom. The number of nitrogens with zero attached hydrogens (tertiary/aromatic N) is 1. The minimum atomic E-state index is -0.230. The van der Waals surface area contributed by atoms with Crippen LogP contribution in [0.5, 0.6) is 11.5 Å². The molecule has 0 radical (unpaired) electrons. The summed E-state index contributed by atoms with van der Waals surface area (Å²) in [6, 6.07) is 24.6. The van der Waals surface area contributed by atoms with Crippen LogP contribution in [-0.4, -0.2) is 22.5 Å². The smallest absolute Gasteiger partial charge is 0.319 e. The van der Waals surface area contributed by atoms with Gasteiger partial charge in [0.25, 0.3) is 0 Å². The Morgan fingerprint density at radius 1 is 0.897 bits per heavy atom. The molecule has 3 N–H and O–H groups in total. The number of rotatable bonds is 7. The highest BCUT2D eigenvalue weighted by molar-refractivity contribution is 5.89. The number of aryl methyl sites for hydroxylation is 1. The van der Waals surface area contributed by atoms with Crippen LogP contribution in [0.4, 0.5) is 10.5 Å². The van der Waals surface area contributed by atoms with Gasteiger partial charge >= 0.3 is 6.03 Å². The molecule has 0 aliphatic heterocycles. The van der Waals surface area contributed by atoms with Crippen molar-refractivity contribution in [3.8, 4) is 11.5 Å². The molecule has 0 aliphatic carbocycles. The van der Waals surface area contributed by atoms with Gasteiger partial charge in [0.2, 0.25) is 0 Å². The lowest BCUT2D eigenvalue weighted by molar-refractivity contribution is 0.252. The van der Waals surface area contributed by atoms with Gasteiger partial charge in [-0.25, -0.2) is 9.78 Å². The molecule has 1 heterocycles. The summed E-state index contributed by atoms with van der Waals surface area (Å²) < 4.78 is 5.74. The first kappa shape index (κ1) is 18.6. The van der Waals surface area contributed by atoms with E-state index in [1.807, 2.05) is 78.9 Å². The molecule has 0 atom stereocenters. The van der Waals surface area contributed by atoms with Crippen LogP contribution in [0.2, 0.25) is 0 Å². The minimum Gasteiger partial charge on any atom is -0.457 e. The topological polar surface area (TPSA) is 79.0 Å². The number of ether oxygens (including phenoxy) is 1. The molecule has 0 fully saturated rings. The maximum atomic E-state index is 12.1. The van der Waals surface area contributed by atoms with E-state index in [9.17, 15) is 4.79 Å². The Balaban J connectivity index is 1.20. The molecule has 0 saturated carbocycles. The summed E-state index contributed by atoms with van der Waals surface area (Å²) in [6.45, 7) is 0.568. The summed E-state index contributed by atoms with van der Waals surface area (Å²) in [5.41, 5.74) is 2.71. The van der Waals surface area contributed by atoms with E-state index in [4.69, 9.17) is 4.74 Å². The third-order valence-corrected chi connectivity index (χ3v) is 4.41. The number of H-pyrrole nitrogens is 1. The van der Waals surface area contributed by atoms with Gasteiger partial charge in [-0.2, -0.15) is 0 Å². The number of urea groups is 1. The highest BCUT2D eigenvalue weighted by Crippen LogP contribution is 2.22. The van der Waals surface area contributed by atoms with Crippen molar-refractivity contribution in [3.63, 3.8) is 0 Å². The summed E-state index contributed by atoms with van der Waals surface area (Å²) in [6.07, 6.45) is 1.58. The SMILES string of the molecule is O=C(NCCCc1nc2ccccc2[nH]1)Nc1ccc(Oc2ccccc2)cc1. The standard InChI is InChI=1S/C23H22N4O2/c28-23(24-16-6-11-22-26-20-9-4-5-10-21(20)27-22)25-17-12-14-19(15-13-17)29-18-7-2-1-3-8-18/h1-5,7-10,12-15H,6,11,16H2,(H,26,27)(H2,24,25,28). The Labute approximate surface area is 168 Å². The highest BCUT2D eigenvalue weighted by atomic mass is 16.5. The van der Waals surface area contributed by atoms with Crippen LogP contribution >= 0.6 is 0 Å². The van der Waals surface area contributed by atoms with Gasteiger partial charge in [-0.15, -0.1) is 0 Å². The second-order valence-corrected chi connectivity index (χ2v) is 6.62. The number of para-hydroxylation sites is 3. The lowest BCUT2D eigenvalue weighted by Crippen LogP contribution is -2.29. The van der Waals surface area contributed by atoms with Crippen LogP contribution in [-0.2, 0) is 6.42 Å². The first-order valence-corrected chi connectivity index (χ1v) is 9.58. The molecule has 4 rings (SSSR count). The molecule has 146 valence electrons. The first-order chi connectivity index (χ1) is 14.3. The molecular weight excluding hydrogens is 364 g/mol. The summed E-state index contributed by atoms with van der Waals surface area (Å²) >= 11 is 0. The maximum absolute atomic E-state index is 12.1. The molecule has 2 amide bonds. The lowest BCUT2D eigenvalue weighted by Gasteiger charge is -2.09. The van der Waals surface area contributed by atoms with Crippen LogP contribution in [0.1, 0.15) is 12.2 Å². The summed E-state index contributed by atoms with van der Waals surface area (Å²) in [5, 5.41) is 5.69. The molecule has 4 aromatic rings. The highest BCUT2D eigenvalue weighted by Gasteiger charge is 2.04. The van der Waals surface area contributed by atoms with E-state index in [-0.39, 0.29) is 6.03 Å². The summed E-state index contributed by atoms with van der Waals surface area (Å²) in [7, 11) is 0. The predicted molar refractivity (Wildman–Crippen MR) is 114 cm³/mol. The molecular formula is C23H22N4O2. The van der Waals surface area contributed by atoms with Gasteiger partial charge in [-0.3, -0.25) is 0 Å². The predicted octanol–water partition coefficient (Wildman–Crippen LogP) is 5.11. The second-order valence-electron chi connectivity index (χ2n) is 6.62. The number of amides is 2. The number of carbonyl (C=O) groups is 1. The van der Waals surface area contributed by atoms with E-state index in [1.165, 1.54) is 0 Å². The molecule has 0 bridgehead atoms. The van der Waals surface area contributed by atoms with Crippen molar-refractivity contribution in [1.82, 2.24) is 15.3 Å². The Hall–Kier alpha value is -3.80. The van der Waals surface area contributed by atoms with Crippen LogP contribution < -0.4 is 15.4 Å². The van der Waals surface area contributed by atoms with Crippen LogP contribution in [0.15, 0.2) is 78.9 Å². The van der Waals surface area contributed by atoms with Gasteiger partial charge in [0.15, 0.2) is 0 Å². The van der Waals surface area contributed by atoms with Crippen LogP contribution in [0, 0.1) is 0 Å². The van der Waals surface area contributed by atoms with Crippen molar-refractivity contribution in [2.45, 2.75) is 12.8 Å². The van der Waals surface area contributed by atoms with Gasteiger partial charge in [0, 0.05) is 18.7 Å². The van der Waals surface area contributed by atoms with Crippen LogP contribution in [0.3, 0.4) is 0 Å². The fourth-order valence-electron chi connectivity index (χ4n) is 2.99. The first-order valence-electron chi connectivity index (χ1n) is 9.58. The van der Waals surface area contributed by atoms with Crippen molar-refractivity contribution in [2.75, 3.05) is 11.9 Å². The van der Waals surface area contributed by atoms with Crippen molar-refractivity contribution in [1.29, 1.82) is 0 Å². The van der Waals surface area contributed by atoms with E-state index in [0.717, 1.165) is 35.4 Å². The van der Waals surface area contributed by atoms with Crippen molar-refractivity contribution in [3.05, 3.63) is 84.7 Å². The Kier molecular flexibility index (Phi) is 5.71. The van der Waals surface area contributed by atoms with E-state index in [1.54, 1.807) is 0 Å². The van der Waals surface area contributed by atoms with E-state index in [0.29, 0.717) is 18.0 Å². The molecule has 0 aliphatic rings. The number of benzene rings is 3. The third-order valence-electron chi connectivity index (χ3n) is 4.41. The van der Waals surface area contributed by atoms with E-state index in [2.05, 4.69) is 20.6 Å². The molecule has 0 spiro atoms. The number of hydrogen-bond donors (Lipinski definition) is 3. The van der Waals surface area contributed by atoms with Crippen molar-refractivity contribution in [2.24, 2.45) is 0 Å². The number of hydrogen-bond acceptors (Lipinski definition) is 3. The monoisotopic (exact) mass is 386 g/mol. The van der Waals surface area contributed by atoms with Gasteiger partial charge in [-0.1, -0.05) is 30.3 Å². The zero-order chi connectivity index (χ0) is 19.9. The van der Waals surface area contributed by atoms with Crippen molar-refractivity contribution < 1.29 is 9.53 Å². The minimum absolute atomic E-state index is 0.230. The molecule has 6 nitrogen and oxygen atoms in total. The molecule has 3 aromatic carbocycles. The summed E-state index contributed by atoms with van der Waals surface area (Å²) in [5.74, 6) is 2.42. The number of imidazole rings is 1. The average molecular weight is 386 g/mol. The number of aromatic amines is 1. The number of anilines is 1. The number of aromatic nitrogens is 2. The maximum Gasteiger partial charge on any atom is 0.319 e.